The standard InChI is InChI=1S/C22H31FN4O9S.C16H28FN3O8S.C13H24FN3O7/c1-24-21(34)14(9-25-17(30)11-35-26-8-12-2-4-13(23)5-3-12)27-16(29)6-7-37-22-20(33)19(32)18(31)15(10-28)36-22;1-7(17)14(26)19-5-8(15(27)18-2)20-10(22)3-4-29-16-13(25)12(24)11(23)9(6-21)28-16;1-6(14)11(21)16-3-7(12(22)15-2)17-5-13(23)10(20)9(19)8(18)4-24-13/h2-5,8,14-15,18-20,22,28,31-33H,6-7,9-11H2,1H3,(H,24,34)(H,25,30)(H,27,29);7-9,11-13,16,21,23-25H,3-6H2,1-2H3,(H,18,27)(H,19,26)(H,20,22);6-10,17-20,23H,3-5H2,1-2H3,(H,15,22)(H,16,21)/b26-8-;;/t14?,15?,18-,19+,20?,22+;7?,8?,9?,11-,12+,13?,16+;6?,7?,8-,9+,10?,13?/m110/s1/i23-1;17-1;14-1. The molecule has 1 aromatic carbocycles. The van der Waals surface area contributed by atoms with E-state index in [1.54, 1.807) is 0 Å². The number of alkyl halides is 2. The molecule has 0 radical (unpaired) electrons. The highest BCUT2D eigenvalue weighted by Crippen LogP contribution is 2.30. The molecule has 21 N–H and O–H groups in total. The maximum Gasteiger partial charge on any atom is 0.260 e. The van der Waals surface area contributed by atoms with Crippen LogP contribution in [0.4, 0.5) is 13.2 Å². The van der Waals surface area contributed by atoms with Crippen molar-refractivity contribution in [1.29, 1.82) is 0 Å². The Morgan fingerprint density at radius 2 is 1.04 bits per heavy atom. The number of oxime groups is 1. The number of ether oxygens (including phenoxy) is 3. The van der Waals surface area contributed by atoms with Gasteiger partial charge in [-0.05, 0) is 31.5 Å². The van der Waals surface area contributed by atoms with Gasteiger partial charge in [0.25, 0.3) is 17.7 Å². The fourth-order valence-corrected chi connectivity index (χ4v) is 9.92. The van der Waals surface area contributed by atoms with Crippen LogP contribution in [0, 0.1) is 5.82 Å². The highest BCUT2D eigenvalue weighted by Gasteiger charge is 2.49. The maximum absolute atomic E-state index is 12.9. The van der Waals surface area contributed by atoms with Crippen molar-refractivity contribution in [2.45, 2.75) is 141 Å². The van der Waals surface area contributed by atoms with Crippen LogP contribution in [-0.2, 0) is 57.4 Å². The van der Waals surface area contributed by atoms with Crippen LogP contribution in [0.25, 0.3) is 0 Å². The van der Waals surface area contributed by atoms with Gasteiger partial charge in [-0.3, -0.25) is 43.7 Å². The van der Waals surface area contributed by atoms with Gasteiger partial charge in [0.2, 0.25) is 35.3 Å². The minimum Gasteiger partial charge on any atom is -0.394 e. The number of benzene rings is 1. The predicted molar refractivity (Wildman–Crippen MR) is 309 cm³/mol. The molecule has 39 heteroatoms. The van der Waals surface area contributed by atoms with Crippen LogP contribution in [0.15, 0.2) is 29.4 Å². The number of hydrogen-bond donors (Lipinski definition) is 21. The monoisotopic (exact) mass is 1340 g/mol. The highest BCUT2D eigenvalue weighted by atomic mass is 32.2. The minimum absolute atomic E-state index is 0.0949. The number of nitrogens with zero attached hydrogens (tertiary/aromatic N) is 1. The molecule has 90 heavy (non-hydrogen) atoms. The molecule has 0 saturated carbocycles. The van der Waals surface area contributed by atoms with E-state index in [1.807, 2.05) is 0 Å². The van der Waals surface area contributed by atoms with Gasteiger partial charge in [0.15, 0.2) is 19.0 Å². The third-order valence-electron chi connectivity index (χ3n) is 13.1. The molecular formula is C51H83F3N10O24S2. The lowest BCUT2D eigenvalue weighted by molar-refractivity contribution is -0.318. The SMILES string of the molecule is CNC(=O)C(CNC(=O)C(C)[18F])NC(=O)CCS[C@@H]1OC(CO)[C@@H](O)[C@H](O)C1O.CNC(=O)C(CNC(=O)C(C)[18F])NCC1(O)OC[C@H](O)[C@@H](O)C1O.CNC(=O)C(CNC(=O)CO/N=C\c1ccc([18F])cc1)NC(=O)CCS[C@@H]1OC(CO)[C@@H](O)[C@H](O)C1O. The second-order valence-corrected chi connectivity index (χ2v) is 22.3. The third kappa shape index (κ3) is 26.9. The number of nitrogens with one attached hydrogen (secondary N) is 9. The first-order chi connectivity index (χ1) is 42.4. The summed E-state index contributed by atoms with van der Waals surface area (Å²) in [5.41, 5.74) is -1.39. The van der Waals surface area contributed by atoms with E-state index in [4.69, 9.17) is 24.2 Å². The lowest BCUT2D eigenvalue weighted by atomic mass is 9.96. The number of hydrogen-bond acceptors (Lipinski definition) is 28. The van der Waals surface area contributed by atoms with Crippen molar-refractivity contribution in [2.24, 2.45) is 5.16 Å². The van der Waals surface area contributed by atoms with Gasteiger partial charge >= 0.3 is 0 Å². The second kappa shape index (κ2) is 41.0. The Kier molecular flexibility index (Phi) is 36.6. The molecule has 3 aliphatic heterocycles. The van der Waals surface area contributed by atoms with Crippen molar-refractivity contribution in [2.75, 3.05) is 85.3 Å². The van der Waals surface area contributed by atoms with Crippen molar-refractivity contribution in [3.8, 4) is 0 Å². The summed E-state index contributed by atoms with van der Waals surface area (Å²) in [5, 5.41) is 141. The molecule has 34 nitrogen and oxygen atoms in total. The maximum atomic E-state index is 12.9. The quantitative estimate of drug-likeness (QED) is 0.0251. The molecule has 1 aromatic rings. The Morgan fingerprint density at radius 3 is 1.47 bits per heavy atom. The molecule has 0 aromatic heterocycles. The molecule has 8 amide bonds. The minimum atomic E-state index is -2.25. The summed E-state index contributed by atoms with van der Waals surface area (Å²) in [6.45, 7) is -1.20. The number of carbonyl (C=O) groups excluding carboxylic acids is 8. The van der Waals surface area contributed by atoms with Gasteiger partial charge in [-0.1, -0.05) is 17.3 Å². The average molecular weight is 1340 g/mol. The summed E-state index contributed by atoms with van der Waals surface area (Å²) >= 11 is 1.98. The van der Waals surface area contributed by atoms with Gasteiger partial charge in [0.05, 0.1) is 32.6 Å². The predicted octanol–water partition coefficient (Wildman–Crippen LogP) is -9.97. The van der Waals surface area contributed by atoms with Crippen LogP contribution in [0.2, 0.25) is 0 Å². The first kappa shape index (κ1) is 80.4. The largest absolute Gasteiger partial charge is 0.394 e. The fourth-order valence-electron chi connectivity index (χ4n) is 7.69. The van der Waals surface area contributed by atoms with Crippen molar-refractivity contribution in [3.05, 3.63) is 35.6 Å². The molecule has 514 valence electrons. The zero-order valence-electron chi connectivity index (χ0n) is 49.4. The molecule has 3 fully saturated rings. The number of rotatable bonds is 30. The zero-order chi connectivity index (χ0) is 68.0. The van der Waals surface area contributed by atoms with Crippen LogP contribution in [-0.4, -0.2) is 314 Å². The smallest absolute Gasteiger partial charge is 0.260 e. The summed E-state index contributed by atoms with van der Waals surface area (Å²) in [6, 6.07) is 2.20. The fraction of sp³-hybridized carbons (Fsp3) is 0.706. The number of halogens is 3. The van der Waals surface area contributed by atoms with E-state index in [1.165, 1.54) is 51.6 Å². The number of likely N-dealkylation sites (N-methyl/N-ethyl adjacent to an activating group) is 3. The summed E-state index contributed by atoms with van der Waals surface area (Å²) in [4.78, 5) is 99.5. The average Bonchev–Trinajstić information content (AvgIpc) is 0.946. The molecule has 3 aliphatic rings. The molecule has 11 unspecified atom stereocenters. The van der Waals surface area contributed by atoms with Crippen molar-refractivity contribution >= 4 is 77.0 Å². The lowest BCUT2D eigenvalue weighted by Crippen LogP contribution is -2.66. The van der Waals surface area contributed by atoms with E-state index in [9.17, 15) is 108 Å². The van der Waals surface area contributed by atoms with E-state index in [2.05, 4.69) is 53.0 Å². The van der Waals surface area contributed by atoms with Crippen molar-refractivity contribution in [3.63, 3.8) is 0 Å². The molecular weight excluding hydrogens is 1250 g/mol. The van der Waals surface area contributed by atoms with E-state index in [0.29, 0.717) is 5.56 Å². The molecule has 0 spiro atoms. The number of aliphatic hydroxyl groups excluding tert-OH is 11. The Bertz CT molecular complexity index is 2440. The Morgan fingerprint density at radius 1 is 0.622 bits per heavy atom. The number of amides is 8. The van der Waals surface area contributed by atoms with Gasteiger partial charge in [-0.15, -0.1) is 23.5 Å². The first-order valence-corrected chi connectivity index (χ1v) is 29.7. The van der Waals surface area contributed by atoms with Crippen LogP contribution in [0.5, 0.6) is 0 Å². The normalized spacial score (nSPS) is 28.0. The topological polar surface area (TPSA) is 537 Å². The number of carbonyl (C=O) groups is 8. The number of thioether (sulfide) groups is 2. The van der Waals surface area contributed by atoms with E-state index in [-0.39, 0.29) is 44.0 Å². The third-order valence-corrected chi connectivity index (χ3v) is 15.4. The lowest BCUT2D eigenvalue weighted by Gasteiger charge is -2.42. The van der Waals surface area contributed by atoms with E-state index >= 15 is 0 Å². The van der Waals surface area contributed by atoms with Crippen LogP contribution in [0.3, 0.4) is 0 Å². The van der Waals surface area contributed by atoms with Crippen molar-refractivity contribution in [1.82, 2.24) is 47.9 Å². The molecule has 0 aliphatic carbocycles. The van der Waals surface area contributed by atoms with Crippen LogP contribution in [0.1, 0.15) is 32.3 Å². The second-order valence-electron chi connectivity index (χ2n) is 19.9. The van der Waals surface area contributed by atoms with Gasteiger partial charge in [-0.2, -0.15) is 0 Å². The summed E-state index contributed by atoms with van der Waals surface area (Å²) in [6.07, 6.45) is -18.1. The Hall–Kier alpha value is -5.70. The number of aliphatic hydroxyl groups is 12. The molecule has 4 rings (SSSR count). The van der Waals surface area contributed by atoms with Crippen LogP contribution < -0.4 is 47.9 Å². The van der Waals surface area contributed by atoms with Gasteiger partial charge in [-0.25, -0.2) is 13.2 Å². The summed E-state index contributed by atoms with van der Waals surface area (Å²) in [7, 11) is 4.05. The molecule has 3 heterocycles. The van der Waals surface area contributed by atoms with Gasteiger partial charge < -0.3 is 123 Å². The van der Waals surface area contributed by atoms with Gasteiger partial charge in [0.1, 0.15) is 102 Å². The Balaban J connectivity index is 0.000000472. The van der Waals surface area contributed by atoms with E-state index < -0.39 is 200 Å². The first-order valence-electron chi connectivity index (χ1n) is 27.6. The molecule has 19 atom stereocenters. The van der Waals surface area contributed by atoms with Crippen molar-refractivity contribution < 1.29 is 132 Å². The van der Waals surface area contributed by atoms with Gasteiger partial charge in [0, 0.05) is 65.1 Å². The summed E-state index contributed by atoms with van der Waals surface area (Å²) < 4.78 is 54.2. The molecule has 3 saturated heterocycles. The highest BCUT2D eigenvalue weighted by molar-refractivity contribution is 8.00. The molecule has 0 bridgehead atoms. The van der Waals surface area contributed by atoms with Crippen LogP contribution >= 0.6 is 23.5 Å². The Labute approximate surface area is 522 Å². The zero-order valence-corrected chi connectivity index (χ0v) is 51.1. The van der Waals surface area contributed by atoms with E-state index in [0.717, 1.165) is 37.4 Å². The summed E-state index contributed by atoms with van der Waals surface area (Å²) in [5.74, 6) is -7.57.